The van der Waals surface area contributed by atoms with E-state index in [2.05, 4.69) is 10.3 Å². The molecule has 0 bridgehead atoms. The molecule has 0 spiro atoms. The molecule has 1 heterocycles. The number of nitrogens with zero attached hydrogens (tertiary/aromatic N) is 1. The van der Waals surface area contributed by atoms with Crippen molar-refractivity contribution in [2.24, 2.45) is 5.92 Å². The standard InChI is InChI=1S/C20H20F4N2O4S/c1-30-18-13(3-4-15(21)17(18)22)12-5-7-20(23,24)10-14(12)19(27)26-11-6-8-25-16(9-11)31(2,28)29/h3-4,6,8-9,12,14H,5,7,10H2,1-2H3,(H,25,26,27). The van der Waals surface area contributed by atoms with Crippen molar-refractivity contribution in [3.63, 3.8) is 0 Å². The fourth-order valence-electron chi connectivity index (χ4n) is 3.75. The van der Waals surface area contributed by atoms with Gasteiger partial charge in [-0.05, 0) is 30.5 Å². The minimum absolute atomic E-state index is 0.0605. The molecule has 11 heteroatoms. The van der Waals surface area contributed by atoms with Crippen molar-refractivity contribution < 1.29 is 35.5 Å². The summed E-state index contributed by atoms with van der Waals surface area (Å²) in [5.41, 5.74) is 0.175. The number of pyridine rings is 1. The van der Waals surface area contributed by atoms with Crippen molar-refractivity contribution in [1.82, 2.24) is 4.98 Å². The Morgan fingerprint density at radius 2 is 1.97 bits per heavy atom. The Morgan fingerprint density at radius 3 is 2.61 bits per heavy atom. The lowest BCUT2D eigenvalue weighted by Crippen LogP contribution is -2.38. The maximum absolute atomic E-state index is 14.2. The highest BCUT2D eigenvalue weighted by Crippen LogP contribution is 2.48. The summed E-state index contributed by atoms with van der Waals surface area (Å²) in [6, 6.07) is 4.51. The number of rotatable bonds is 5. The maximum atomic E-state index is 14.2. The number of hydrogen-bond acceptors (Lipinski definition) is 5. The number of ether oxygens (including phenoxy) is 1. The third-order valence-corrected chi connectivity index (χ3v) is 6.21. The molecule has 6 nitrogen and oxygen atoms in total. The topological polar surface area (TPSA) is 85.4 Å². The molecule has 1 N–H and O–H groups in total. The molecule has 2 aromatic rings. The van der Waals surface area contributed by atoms with Crippen LogP contribution in [0.15, 0.2) is 35.5 Å². The summed E-state index contributed by atoms with van der Waals surface area (Å²) < 4.78 is 84.4. The van der Waals surface area contributed by atoms with Crippen LogP contribution in [0.1, 0.15) is 30.7 Å². The van der Waals surface area contributed by atoms with Gasteiger partial charge in [0, 0.05) is 36.5 Å². The molecule has 1 amide bonds. The Morgan fingerprint density at radius 1 is 1.26 bits per heavy atom. The SMILES string of the molecule is COc1c(C2CCC(F)(F)CC2C(=O)Nc2ccnc(S(C)(=O)=O)c2)ccc(F)c1F. The zero-order valence-electron chi connectivity index (χ0n) is 16.7. The van der Waals surface area contributed by atoms with Crippen LogP contribution in [0.4, 0.5) is 23.2 Å². The van der Waals surface area contributed by atoms with Crippen molar-refractivity contribution in [1.29, 1.82) is 0 Å². The molecule has 1 aliphatic carbocycles. The summed E-state index contributed by atoms with van der Waals surface area (Å²) in [5.74, 6) is -8.94. The van der Waals surface area contributed by atoms with Gasteiger partial charge in [-0.15, -0.1) is 0 Å². The molecular formula is C20H20F4N2O4S. The largest absolute Gasteiger partial charge is 0.493 e. The fraction of sp³-hybridized carbons (Fsp3) is 0.400. The minimum Gasteiger partial charge on any atom is -0.493 e. The molecule has 1 aromatic carbocycles. The smallest absolute Gasteiger partial charge is 0.249 e. The molecule has 3 rings (SSSR count). The summed E-state index contributed by atoms with van der Waals surface area (Å²) in [6.45, 7) is 0. The predicted octanol–water partition coefficient (Wildman–Crippen LogP) is 3.93. The van der Waals surface area contributed by atoms with E-state index in [1.807, 2.05) is 0 Å². The molecule has 2 atom stereocenters. The molecule has 1 fully saturated rings. The van der Waals surface area contributed by atoms with Crippen LogP contribution in [0.5, 0.6) is 5.75 Å². The summed E-state index contributed by atoms with van der Waals surface area (Å²) in [6.07, 6.45) is 0.607. The summed E-state index contributed by atoms with van der Waals surface area (Å²) in [7, 11) is -2.53. The van der Waals surface area contributed by atoms with Crippen molar-refractivity contribution >= 4 is 21.4 Å². The third-order valence-electron chi connectivity index (χ3n) is 5.23. The van der Waals surface area contributed by atoms with Gasteiger partial charge in [0.1, 0.15) is 0 Å². The van der Waals surface area contributed by atoms with Crippen LogP contribution in [0.25, 0.3) is 0 Å². The van der Waals surface area contributed by atoms with Gasteiger partial charge in [-0.1, -0.05) is 6.07 Å². The molecular weight excluding hydrogens is 440 g/mol. The Bertz CT molecular complexity index is 1110. The lowest BCUT2D eigenvalue weighted by Gasteiger charge is -2.36. The van der Waals surface area contributed by atoms with Crippen molar-refractivity contribution in [3.05, 3.63) is 47.7 Å². The number of benzene rings is 1. The zero-order chi connectivity index (χ0) is 23.0. The monoisotopic (exact) mass is 460 g/mol. The van der Waals surface area contributed by atoms with Gasteiger partial charge in [-0.3, -0.25) is 4.79 Å². The average molecular weight is 460 g/mol. The Balaban J connectivity index is 1.96. The van der Waals surface area contributed by atoms with Crippen LogP contribution in [-0.4, -0.2) is 38.6 Å². The van der Waals surface area contributed by atoms with E-state index in [9.17, 15) is 30.8 Å². The molecule has 1 saturated carbocycles. The second-order valence-electron chi connectivity index (χ2n) is 7.44. The number of halogens is 4. The van der Waals surface area contributed by atoms with Gasteiger partial charge in [0.25, 0.3) is 0 Å². The first-order chi connectivity index (χ1) is 14.4. The van der Waals surface area contributed by atoms with E-state index in [0.29, 0.717) is 0 Å². The lowest BCUT2D eigenvalue weighted by atomic mass is 9.73. The zero-order valence-corrected chi connectivity index (χ0v) is 17.5. The molecule has 2 unspecified atom stereocenters. The first kappa shape index (κ1) is 23.0. The number of carbonyl (C=O) groups excluding carboxylic acids is 1. The summed E-state index contributed by atoms with van der Waals surface area (Å²) in [5, 5.41) is 2.15. The maximum Gasteiger partial charge on any atom is 0.249 e. The number of aromatic nitrogens is 1. The molecule has 0 aliphatic heterocycles. The van der Waals surface area contributed by atoms with Crippen LogP contribution < -0.4 is 10.1 Å². The van der Waals surface area contributed by atoms with Crippen LogP contribution in [0.2, 0.25) is 0 Å². The van der Waals surface area contributed by atoms with E-state index in [1.54, 1.807) is 0 Å². The first-order valence-electron chi connectivity index (χ1n) is 9.29. The highest BCUT2D eigenvalue weighted by Gasteiger charge is 2.46. The van der Waals surface area contributed by atoms with E-state index in [4.69, 9.17) is 4.74 Å². The number of nitrogens with one attached hydrogen (secondary N) is 1. The van der Waals surface area contributed by atoms with E-state index in [0.717, 1.165) is 31.7 Å². The van der Waals surface area contributed by atoms with Crippen molar-refractivity contribution in [2.75, 3.05) is 18.7 Å². The first-order valence-corrected chi connectivity index (χ1v) is 11.2. The number of amides is 1. The fourth-order valence-corrected chi connectivity index (χ4v) is 4.35. The number of methoxy groups -OCH3 is 1. The van der Waals surface area contributed by atoms with Crippen molar-refractivity contribution in [3.8, 4) is 5.75 Å². The number of carbonyl (C=O) groups is 1. The van der Waals surface area contributed by atoms with Crippen LogP contribution in [0, 0.1) is 17.6 Å². The average Bonchev–Trinajstić information content (AvgIpc) is 2.69. The highest BCUT2D eigenvalue weighted by atomic mass is 32.2. The van der Waals surface area contributed by atoms with E-state index in [1.165, 1.54) is 12.1 Å². The molecule has 168 valence electrons. The molecule has 31 heavy (non-hydrogen) atoms. The Labute approximate surface area is 176 Å². The number of alkyl halides is 2. The van der Waals surface area contributed by atoms with E-state index >= 15 is 0 Å². The van der Waals surface area contributed by atoms with Gasteiger partial charge in [0.15, 0.2) is 26.4 Å². The summed E-state index contributed by atoms with van der Waals surface area (Å²) >= 11 is 0. The van der Waals surface area contributed by atoms with Crippen LogP contribution in [-0.2, 0) is 14.6 Å². The second kappa shape index (κ2) is 8.45. The van der Waals surface area contributed by atoms with Crippen molar-refractivity contribution in [2.45, 2.75) is 36.1 Å². The molecule has 0 radical (unpaired) electrons. The van der Waals surface area contributed by atoms with Gasteiger partial charge < -0.3 is 10.1 Å². The molecule has 0 saturated heterocycles. The molecule has 1 aromatic heterocycles. The van der Waals surface area contributed by atoms with Crippen LogP contribution >= 0.6 is 0 Å². The molecule has 1 aliphatic rings. The van der Waals surface area contributed by atoms with E-state index < -0.39 is 63.7 Å². The number of hydrogen-bond donors (Lipinski definition) is 1. The normalized spacial score (nSPS) is 20.8. The second-order valence-corrected chi connectivity index (χ2v) is 9.40. The van der Waals surface area contributed by atoms with Gasteiger partial charge in [0.2, 0.25) is 17.6 Å². The Hall–Kier alpha value is -2.69. The lowest BCUT2D eigenvalue weighted by molar-refractivity contribution is -0.128. The van der Waals surface area contributed by atoms with Gasteiger partial charge in [0.05, 0.1) is 13.0 Å². The van der Waals surface area contributed by atoms with Crippen LogP contribution in [0.3, 0.4) is 0 Å². The summed E-state index contributed by atoms with van der Waals surface area (Å²) in [4.78, 5) is 16.6. The minimum atomic E-state index is -3.65. The number of anilines is 1. The van der Waals surface area contributed by atoms with Gasteiger partial charge >= 0.3 is 0 Å². The Kier molecular flexibility index (Phi) is 6.26. The van der Waals surface area contributed by atoms with E-state index in [-0.39, 0.29) is 22.7 Å². The van der Waals surface area contributed by atoms with Gasteiger partial charge in [-0.2, -0.15) is 4.39 Å². The highest BCUT2D eigenvalue weighted by molar-refractivity contribution is 7.90. The number of sulfone groups is 1. The van der Waals surface area contributed by atoms with Gasteiger partial charge in [-0.25, -0.2) is 26.6 Å². The predicted molar refractivity (Wildman–Crippen MR) is 104 cm³/mol. The third kappa shape index (κ3) is 4.97. The quantitative estimate of drug-likeness (QED) is 0.684.